The van der Waals surface area contributed by atoms with Gasteiger partial charge in [-0.2, -0.15) is 28.9 Å². The van der Waals surface area contributed by atoms with Crippen molar-refractivity contribution in [1.82, 2.24) is 20.1 Å². The van der Waals surface area contributed by atoms with Crippen LogP contribution >= 0.6 is 10.6 Å². The van der Waals surface area contributed by atoms with Gasteiger partial charge < -0.3 is 11.1 Å². The number of nitrogens with zero attached hydrogens (tertiary/aromatic N) is 3. The number of carbonyl (C=O) groups is 2. The van der Waals surface area contributed by atoms with Crippen LogP contribution in [0.4, 0.5) is 26.3 Å². The molecular weight excluding hydrogens is 616 g/mol. The Balaban J connectivity index is 1.53. The molecular formula is C28H23F6N5O4S. The number of amides is 2. The molecule has 1 unspecified atom stereocenters. The molecule has 5 rings (SSSR count). The minimum absolute atomic E-state index is 0.0922. The number of halogens is 6. The summed E-state index contributed by atoms with van der Waals surface area (Å²) < 4.78 is 104. The Bertz CT molecular complexity index is 1760. The van der Waals surface area contributed by atoms with E-state index in [0.717, 1.165) is 22.9 Å². The first-order valence-corrected chi connectivity index (χ1v) is 14.7. The average Bonchev–Trinajstić information content (AvgIpc) is 3.40. The molecule has 1 aliphatic heterocycles. The number of rotatable bonds is 8. The number of hydrogen-bond donors (Lipinski definition) is 4. The minimum Gasteiger partial charge on any atom is -0.366 e. The Kier molecular flexibility index (Phi) is 8.17. The van der Waals surface area contributed by atoms with Crippen LogP contribution in [0.1, 0.15) is 44.6 Å². The molecule has 232 valence electrons. The molecule has 2 aromatic heterocycles. The normalized spacial score (nSPS) is 15.5. The summed E-state index contributed by atoms with van der Waals surface area (Å²) >= 11 is 0. The molecule has 5 N–H and O–H groups in total. The predicted octanol–water partition coefficient (Wildman–Crippen LogP) is 5.34. The lowest BCUT2D eigenvalue weighted by Gasteiger charge is -2.26. The monoisotopic (exact) mass is 639 g/mol. The Hall–Kier alpha value is -4.41. The summed E-state index contributed by atoms with van der Waals surface area (Å²) in [5.41, 5.74) is 3.71. The van der Waals surface area contributed by atoms with Crippen LogP contribution in [0, 0.1) is 17.5 Å². The largest absolute Gasteiger partial charge is 0.435 e. The van der Waals surface area contributed by atoms with Gasteiger partial charge in [-0.05, 0) is 47.9 Å². The van der Waals surface area contributed by atoms with Crippen molar-refractivity contribution in [2.75, 3.05) is 0 Å². The van der Waals surface area contributed by atoms with Crippen molar-refractivity contribution >= 4 is 22.4 Å². The number of pyridine rings is 1. The van der Waals surface area contributed by atoms with Crippen LogP contribution in [0.2, 0.25) is 0 Å². The van der Waals surface area contributed by atoms with Crippen molar-refractivity contribution in [2.24, 2.45) is 5.73 Å². The summed E-state index contributed by atoms with van der Waals surface area (Å²) in [6, 6.07) is 8.08. The first-order valence-electron chi connectivity index (χ1n) is 12.8. The van der Waals surface area contributed by atoms with Gasteiger partial charge in [-0.25, -0.2) is 13.2 Å². The van der Waals surface area contributed by atoms with E-state index in [-0.39, 0.29) is 34.5 Å². The second kappa shape index (κ2) is 11.6. The molecule has 1 atom stereocenters. The summed E-state index contributed by atoms with van der Waals surface area (Å²) in [6.45, 7) is -0.771. The van der Waals surface area contributed by atoms with Gasteiger partial charge in [-0.15, -0.1) is 0 Å². The highest BCUT2D eigenvalue weighted by molar-refractivity contribution is 8.23. The quantitative estimate of drug-likeness (QED) is 0.192. The van der Waals surface area contributed by atoms with Crippen molar-refractivity contribution < 1.29 is 45.0 Å². The third kappa shape index (κ3) is 6.56. The number of alkyl halides is 3. The van der Waals surface area contributed by atoms with Crippen LogP contribution in [-0.2, 0) is 35.4 Å². The van der Waals surface area contributed by atoms with Crippen LogP contribution in [0.3, 0.4) is 0 Å². The van der Waals surface area contributed by atoms with Gasteiger partial charge >= 0.3 is 6.18 Å². The molecule has 0 bridgehead atoms. The number of hydrogen-bond acceptors (Lipinski definition) is 6. The molecule has 3 heterocycles. The summed E-state index contributed by atoms with van der Waals surface area (Å²) in [5.74, 6) is -5.80. The second-order valence-electron chi connectivity index (χ2n) is 10.1. The summed E-state index contributed by atoms with van der Waals surface area (Å²) in [5, 5.41) is 6.14. The van der Waals surface area contributed by atoms with E-state index in [4.69, 9.17) is 5.73 Å². The zero-order chi connectivity index (χ0) is 32.0. The molecule has 9 nitrogen and oxygen atoms in total. The highest BCUT2D eigenvalue weighted by Gasteiger charge is 2.44. The molecule has 2 aromatic carbocycles. The molecule has 0 saturated carbocycles. The lowest BCUT2D eigenvalue weighted by molar-refractivity contribution is -0.142. The molecule has 0 radical (unpaired) electrons. The maximum Gasteiger partial charge on any atom is 0.435 e. The maximum atomic E-state index is 14.2. The van der Waals surface area contributed by atoms with Gasteiger partial charge in [0.25, 0.3) is 5.91 Å². The summed E-state index contributed by atoms with van der Waals surface area (Å²) in [6.07, 6.45) is -3.82. The molecule has 4 aromatic rings. The lowest BCUT2D eigenvalue weighted by atomic mass is 9.94. The van der Waals surface area contributed by atoms with E-state index in [1.807, 2.05) is 0 Å². The van der Waals surface area contributed by atoms with E-state index < -0.39 is 86.9 Å². The molecule has 0 fully saturated rings. The topological polar surface area (TPSA) is 143 Å². The van der Waals surface area contributed by atoms with Crippen molar-refractivity contribution in [3.8, 4) is 11.1 Å². The maximum absolute atomic E-state index is 14.2. The van der Waals surface area contributed by atoms with E-state index in [9.17, 15) is 45.0 Å². The molecule has 1 aliphatic rings. The van der Waals surface area contributed by atoms with Crippen LogP contribution in [0.5, 0.6) is 0 Å². The molecule has 0 saturated heterocycles. The van der Waals surface area contributed by atoms with E-state index in [0.29, 0.717) is 6.07 Å². The number of primary amides is 1. The first kappa shape index (κ1) is 31.0. The Morgan fingerprint density at radius 2 is 1.75 bits per heavy atom. The van der Waals surface area contributed by atoms with Gasteiger partial charge in [-0.3, -0.25) is 28.4 Å². The van der Waals surface area contributed by atoms with E-state index >= 15 is 0 Å². The number of nitrogens with one attached hydrogen (secondary N) is 1. The van der Waals surface area contributed by atoms with Gasteiger partial charge in [-0.1, -0.05) is 12.1 Å². The Labute approximate surface area is 247 Å². The Morgan fingerprint density at radius 3 is 2.41 bits per heavy atom. The smallest absolute Gasteiger partial charge is 0.366 e. The molecule has 2 amide bonds. The number of benzene rings is 2. The van der Waals surface area contributed by atoms with Crippen LogP contribution < -0.4 is 11.1 Å². The summed E-state index contributed by atoms with van der Waals surface area (Å²) in [7, 11) is -3.40. The third-order valence-corrected chi connectivity index (χ3v) is 8.37. The van der Waals surface area contributed by atoms with Gasteiger partial charge in [0.15, 0.2) is 5.69 Å². The van der Waals surface area contributed by atoms with Gasteiger partial charge in [0.2, 0.25) is 5.91 Å². The van der Waals surface area contributed by atoms with Crippen LogP contribution in [0.15, 0.2) is 54.7 Å². The number of fused-ring (bicyclic) bond motifs is 1. The van der Waals surface area contributed by atoms with Crippen LogP contribution in [-0.4, -0.2) is 35.7 Å². The van der Waals surface area contributed by atoms with Gasteiger partial charge in [0, 0.05) is 23.4 Å². The van der Waals surface area contributed by atoms with Crippen molar-refractivity contribution in [1.29, 1.82) is 0 Å². The fourth-order valence-electron chi connectivity index (χ4n) is 5.08. The average molecular weight is 640 g/mol. The zero-order valence-corrected chi connectivity index (χ0v) is 23.2. The number of carbonyl (C=O) groups excluding carboxylic acids is 2. The molecule has 44 heavy (non-hydrogen) atoms. The second-order valence-corrected chi connectivity index (χ2v) is 12.3. The molecule has 16 heteroatoms. The molecule has 0 aliphatic carbocycles. The third-order valence-electron chi connectivity index (χ3n) is 6.88. The van der Waals surface area contributed by atoms with E-state index in [1.54, 1.807) is 0 Å². The van der Waals surface area contributed by atoms with Gasteiger partial charge in [0.1, 0.15) is 24.0 Å². The standard InChI is InChI=1S/C28H23F6N5O4S/c29-16-6-14(7-17(30)10-16)8-22(25-18(2-1-5-36-25)15-3-4-21(31)19(9-15)27(35)41)37-24(40)11-39-23-13-44(42,43)12-20(23)26(38-39)28(32,33)34/h1-7,9-10,22,42-43H,8,11-13H2,(H2,35,41)(H,37,40). The highest BCUT2D eigenvalue weighted by Crippen LogP contribution is 2.55. The Morgan fingerprint density at radius 1 is 1.05 bits per heavy atom. The van der Waals surface area contributed by atoms with Crippen molar-refractivity contribution in [2.45, 2.75) is 36.7 Å². The van der Waals surface area contributed by atoms with E-state index in [2.05, 4.69) is 15.4 Å². The van der Waals surface area contributed by atoms with Crippen molar-refractivity contribution in [3.63, 3.8) is 0 Å². The fraction of sp³-hybridized carbons (Fsp3) is 0.214. The van der Waals surface area contributed by atoms with Crippen LogP contribution in [0.25, 0.3) is 11.1 Å². The molecule has 0 spiro atoms. The highest BCUT2D eigenvalue weighted by atomic mass is 32.3. The predicted molar refractivity (Wildman–Crippen MR) is 147 cm³/mol. The number of nitrogens with two attached hydrogens (primary N) is 1. The lowest BCUT2D eigenvalue weighted by Crippen LogP contribution is -2.34. The van der Waals surface area contributed by atoms with Gasteiger partial charge in [0.05, 0.1) is 34.5 Å². The zero-order valence-electron chi connectivity index (χ0n) is 22.4. The first-order chi connectivity index (χ1) is 20.6. The SMILES string of the molecule is NC(=O)c1cc(-c2cccnc2C(Cc2cc(F)cc(F)c2)NC(=O)Cn2nc(C(F)(F)F)c3c2CS(O)(O)C3)ccc1F. The number of aromatic nitrogens is 3. The minimum atomic E-state index is -4.92. The van der Waals surface area contributed by atoms with Crippen molar-refractivity contribution in [3.05, 3.63) is 106 Å². The fourth-order valence-corrected chi connectivity index (χ4v) is 6.71. The summed E-state index contributed by atoms with van der Waals surface area (Å²) in [4.78, 5) is 29.4. The van der Waals surface area contributed by atoms with E-state index in [1.165, 1.54) is 30.5 Å².